The van der Waals surface area contributed by atoms with Gasteiger partial charge in [0.1, 0.15) is 0 Å². The number of amides is 1. The summed E-state index contributed by atoms with van der Waals surface area (Å²) in [6.07, 6.45) is 0. The smallest absolute Gasteiger partial charge is 0.296 e. The fourth-order valence-corrected chi connectivity index (χ4v) is 1.41. The van der Waals surface area contributed by atoms with Gasteiger partial charge in [0.05, 0.1) is 11.3 Å². The molecule has 14 heavy (non-hydrogen) atoms. The maximum absolute atomic E-state index is 11.3. The van der Waals surface area contributed by atoms with Gasteiger partial charge in [0.15, 0.2) is 0 Å². The van der Waals surface area contributed by atoms with E-state index in [1.54, 1.807) is 12.1 Å². The van der Waals surface area contributed by atoms with Gasteiger partial charge in [0, 0.05) is 19.8 Å². The molecule has 1 heterocycles. The number of nitrogens with one attached hydrogen (secondary N) is 1. The Labute approximate surface area is 81.5 Å². The third-order valence-electron chi connectivity index (χ3n) is 2.22. The number of rotatable bonds is 1. The van der Waals surface area contributed by atoms with Gasteiger partial charge in [0.25, 0.3) is 11.7 Å². The number of fused-ring (bicyclic) bond motifs is 1. The predicted molar refractivity (Wildman–Crippen MR) is 53.7 cm³/mol. The molecule has 1 aliphatic heterocycles. The number of nitrogens with zero attached hydrogens (tertiary/aromatic N) is 1. The van der Waals surface area contributed by atoms with Crippen LogP contribution in [0.3, 0.4) is 0 Å². The summed E-state index contributed by atoms with van der Waals surface area (Å²) < 4.78 is 0. The first kappa shape index (κ1) is 8.74. The summed E-state index contributed by atoms with van der Waals surface area (Å²) >= 11 is 0. The van der Waals surface area contributed by atoms with Crippen LogP contribution >= 0.6 is 0 Å². The van der Waals surface area contributed by atoms with Crippen molar-refractivity contribution >= 4 is 23.1 Å². The summed E-state index contributed by atoms with van der Waals surface area (Å²) in [6.45, 7) is 0. The van der Waals surface area contributed by atoms with Crippen LogP contribution in [0.1, 0.15) is 10.4 Å². The van der Waals surface area contributed by atoms with Gasteiger partial charge in [-0.1, -0.05) is 0 Å². The largest absolute Gasteiger partial charge is 0.378 e. The van der Waals surface area contributed by atoms with E-state index in [0.717, 1.165) is 5.69 Å². The lowest BCUT2D eigenvalue weighted by molar-refractivity contribution is -0.112. The summed E-state index contributed by atoms with van der Waals surface area (Å²) in [7, 11) is 3.77. The van der Waals surface area contributed by atoms with Crippen molar-refractivity contribution in [1.29, 1.82) is 0 Å². The molecule has 1 aromatic rings. The van der Waals surface area contributed by atoms with Crippen LogP contribution in [0.4, 0.5) is 11.4 Å². The Hall–Kier alpha value is -1.84. The van der Waals surface area contributed by atoms with Crippen LogP contribution in [-0.2, 0) is 4.79 Å². The van der Waals surface area contributed by atoms with Gasteiger partial charge in [-0.2, -0.15) is 0 Å². The van der Waals surface area contributed by atoms with Crippen LogP contribution in [-0.4, -0.2) is 25.8 Å². The summed E-state index contributed by atoms with van der Waals surface area (Å²) in [4.78, 5) is 24.3. The Balaban J connectivity index is 2.51. The van der Waals surface area contributed by atoms with Crippen molar-refractivity contribution in [1.82, 2.24) is 0 Å². The summed E-state index contributed by atoms with van der Waals surface area (Å²) in [5.74, 6) is -1.00. The topological polar surface area (TPSA) is 49.4 Å². The quantitative estimate of drug-likeness (QED) is 0.669. The number of hydrogen-bond donors (Lipinski definition) is 1. The van der Waals surface area contributed by atoms with E-state index in [1.165, 1.54) is 0 Å². The molecule has 0 saturated carbocycles. The third kappa shape index (κ3) is 1.16. The molecule has 0 bridgehead atoms. The molecule has 0 unspecified atom stereocenters. The Bertz CT molecular complexity index is 424. The van der Waals surface area contributed by atoms with Gasteiger partial charge in [-0.15, -0.1) is 0 Å². The van der Waals surface area contributed by atoms with Gasteiger partial charge in [-0.05, 0) is 18.2 Å². The number of carbonyl (C=O) groups is 2. The van der Waals surface area contributed by atoms with Crippen molar-refractivity contribution in [3.63, 3.8) is 0 Å². The fourth-order valence-electron chi connectivity index (χ4n) is 1.41. The molecule has 0 fully saturated rings. The van der Waals surface area contributed by atoms with E-state index in [0.29, 0.717) is 11.3 Å². The summed E-state index contributed by atoms with van der Waals surface area (Å²) in [5.41, 5.74) is 1.97. The molecule has 1 aliphatic rings. The minimum atomic E-state index is -0.545. The molecule has 0 spiro atoms. The maximum atomic E-state index is 11.3. The lowest BCUT2D eigenvalue weighted by atomic mass is 10.1. The third-order valence-corrected chi connectivity index (χ3v) is 2.22. The molecule has 2 rings (SSSR count). The molecule has 72 valence electrons. The molecule has 0 saturated heterocycles. The van der Waals surface area contributed by atoms with E-state index in [-0.39, 0.29) is 0 Å². The molecular formula is C10H10N2O2. The first-order valence-corrected chi connectivity index (χ1v) is 4.26. The van der Waals surface area contributed by atoms with Gasteiger partial charge in [0.2, 0.25) is 0 Å². The molecule has 1 aromatic carbocycles. The molecule has 0 aromatic heterocycles. The Morgan fingerprint density at radius 1 is 1.21 bits per heavy atom. The Morgan fingerprint density at radius 3 is 2.57 bits per heavy atom. The number of Topliss-reactive ketones (excluding diaryl/α,β-unsaturated/α-hetero) is 1. The molecule has 0 atom stereocenters. The van der Waals surface area contributed by atoms with Crippen LogP contribution in [0.25, 0.3) is 0 Å². The van der Waals surface area contributed by atoms with Crippen LogP contribution in [0, 0.1) is 0 Å². The van der Waals surface area contributed by atoms with E-state index in [9.17, 15) is 9.59 Å². The number of benzene rings is 1. The summed E-state index contributed by atoms with van der Waals surface area (Å²) in [6, 6.07) is 5.32. The molecule has 0 aliphatic carbocycles. The van der Waals surface area contributed by atoms with Crippen molar-refractivity contribution in [2.75, 3.05) is 24.3 Å². The molecule has 1 amide bonds. The highest BCUT2D eigenvalue weighted by molar-refractivity contribution is 6.51. The Morgan fingerprint density at radius 2 is 1.93 bits per heavy atom. The fraction of sp³-hybridized carbons (Fsp3) is 0.200. The second-order valence-electron chi connectivity index (χ2n) is 3.41. The van der Waals surface area contributed by atoms with E-state index >= 15 is 0 Å². The molecule has 0 radical (unpaired) electrons. The average molecular weight is 190 g/mol. The summed E-state index contributed by atoms with van der Waals surface area (Å²) in [5, 5.41) is 2.51. The average Bonchev–Trinajstić information content (AvgIpc) is 2.43. The van der Waals surface area contributed by atoms with E-state index < -0.39 is 11.7 Å². The van der Waals surface area contributed by atoms with Crippen molar-refractivity contribution < 1.29 is 9.59 Å². The standard InChI is InChI=1S/C10H10N2O2/c1-12(2)6-3-4-8-7(5-6)9(13)10(14)11-8/h3-5H,1-2H3,(H,11,13,14). The second kappa shape index (κ2) is 2.83. The van der Waals surface area contributed by atoms with Crippen molar-refractivity contribution in [3.05, 3.63) is 23.8 Å². The second-order valence-corrected chi connectivity index (χ2v) is 3.41. The van der Waals surface area contributed by atoms with Crippen LogP contribution < -0.4 is 10.2 Å². The molecular weight excluding hydrogens is 180 g/mol. The van der Waals surface area contributed by atoms with Crippen LogP contribution in [0.15, 0.2) is 18.2 Å². The SMILES string of the molecule is CN(C)c1ccc2c(c1)C(=O)C(=O)N2. The number of hydrogen-bond acceptors (Lipinski definition) is 3. The highest BCUT2D eigenvalue weighted by Gasteiger charge is 2.27. The zero-order valence-corrected chi connectivity index (χ0v) is 8.00. The number of anilines is 2. The molecule has 1 N–H and O–H groups in total. The lowest BCUT2D eigenvalue weighted by Gasteiger charge is -2.12. The molecule has 4 nitrogen and oxygen atoms in total. The highest BCUT2D eigenvalue weighted by Crippen LogP contribution is 2.26. The number of carbonyl (C=O) groups excluding carboxylic acids is 2. The normalized spacial score (nSPS) is 13.9. The zero-order chi connectivity index (χ0) is 10.3. The van der Waals surface area contributed by atoms with Gasteiger partial charge in [-0.25, -0.2) is 0 Å². The van der Waals surface area contributed by atoms with Crippen molar-refractivity contribution in [3.8, 4) is 0 Å². The van der Waals surface area contributed by atoms with Crippen LogP contribution in [0.5, 0.6) is 0 Å². The molecule has 4 heteroatoms. The van der Waals surface area contributed by atoms with E-state index in [2.05, 4.69) is 5.32 Å². The van der Waals surface area contributed by atoms with Crippen molar-refractivity contribution in [2.24, 2.45) is 0 Å². The van der Waals surface area contributed by atoms with E-state index in [4.69, 9.17) is 0 Å². The maximum Gasteiger partial charge on any atom is 0.296 e. The number of ketones is 1. The lowest BCUT2D eigenvalue weighted by Crippen LogP contribution is -2.12. The minimum absolute atomic E-state index is 0.455. The van der Waals surface area contributed by atoms with E-state index in [1.807, 2.05) is 25.1 Å². The predicted octanol–water partition coefficient (Wildman–Crippen LogP) is 0.887. The monoisotopic (exact) mass is 190 g/mol. The highest BCUT2D eigenvalue weighted by atomic mass is 16.2. The first-order valence-electron chi connectivity index (χ1n) is 4.26. The first-order chi connectivity index (χ1) is 6.59. The van der Waals surface area contributed by atoms with Crippen molar-refractivity contribution in [2.45, 2.75) is 0 Å². The van der Waals surface area contributed by atoms with Crippen LogP contribution in [0.2, 0.25) is 0 Å². The zero-order valence-electron chi connectivity index (χ0n) is 8.00. The minimum Gasteiger partial charge on any atom is -0.378 e. The Kier molecular flexibility index (Phi) is 1.77. The van der Waals surface area contributed by atoms with Gasteiger partial charge < -0.3 is 10.2 Å². The van der Waals surface area contributed by atoms with Gasteiger partial charge >= 0.3 is 0 Å². The van der Waals surface area contributed by atoms with Gasteiger partial charge in [-0.3, -0.25) is 9.59 Å².